The van der Waals surface area contributed by atoms with Gasteiger partial charge in [0.05, 0.1) is 11.6 Å². The quantitative estimate of drug-likeness (QED) is 0.156. The van der Waals surface area contributed by atoms with Crippen molar-refractivity contribution in [3.8, 4) is 6.01 Å². The van der Waals surface area contributed by atoms with Crippen LogP contribution in [0, 0.1) is 12.7 Å². The molecule has 7 nitrogen and oxygen atoms in total. The average Bonchev–Trinajstić information content (AvgIpc) is 3.34. The van der Waals surface area contributed by atoms with Crippen molar-refractivity contribution in [1.82, 2.24) is 20.2 Å². The number of hydrogen-bond donors (Lipinski definition) is 2. The number of hydrogen-bond acceptors (Lipinski definition) is 7. The normalized spacial score (nSPS) is 21.5. The molecule has 3 aliphatic heterocycles. The number of allylic oxidation sites excluding steroid dienone is 2. The van der Waals surface area contributed by atoms with E-state index in [1.54, 1.807) is 19.1 Å². The molecule has 2 atom stereocenters. The summed E-state index contributed by atoms with van der Waals surface area (Å²) in [6.07, 6.45) is 10.1. The first-order valence-corrected chi connectivity index (χ1v) is 15.9. The highest BCUT2D eigenvalue weighted by Gasteiger charge is 2.34. The molecule has 0 amide bonds. The number of halogens is 2. The van der Waals surface area contributed by atoms with Gasteiger partial charge in [-0.2, -0.15) is 9.97 Å². The van der Waals surface area contributed by atoms with Gasteiger partial charge in [-0.15, -0.1) is 0 Å². The topological polar surface area (TPSA) is 73.8 Å². The Morgan fingerprint density at radius 3 is 2.63 bits per heavy atom. The van der Waals surface area contributed by atoms with Gasteiger partial charge in [0.25, 0.3) is 0 Å². The number of anilines is 1. The van der Waals surface area contributed by atoms with Gasteiger partial charge in [0.15, 0.2) is 5.82 Å². The average molecular weight is 606 g/mol. The van der Waals surface area contributed by atoms with Gasteiger partial charge < -0.3 is 25.0 Å². The number of aryl methyl sites for hydroxylation is 1. The zero-order valence-corrected chi connectivity index (χ0v) is 25.8. The molecule has 3 fully saturated rings. The molecule has 1 aromatic heterocycles. The lowest BCUT2D eigenvalue weighted by molar-refractivity contribution is 0.201. The minimum absolute atomic E-state index is 0.0137. The molecular weight excluding hydrogens is 565 g/mol. The van der Waals surface area contributed by atoms with Crippen LogP contribution in [0.1, 0.15) is 62.1 Å². The second-order valence-corrected chi connectivity index (χ2v) is 12.6. The number of likely N-dealkylation sites (tertiary alicyclic amines) is 1. The minimum Gasteiger partial charge on any atom is -0.508 e. The lowest BCUT2D eigenvalue weighted by atomic mass is 10.0. The SMILES string of the molecule is C/C(=C\C(O)=C/c1ccccc1C)c1c(Cl)cc2c(N3CC4CCC(C3)N4)nc(OCCCN3CCCCC3)nc2c1F. The first kappa shape index (κ1) is 29.9. The third-order valence-electron chi connectivity index (χ3n) is 8.91. The number of aliphatic hydroxyl groups excluding tert-OH is 1. The largest absolute Gasteiger partial charge is 0.508 e. The molecule has 2 unspecified atom stereocenters. The molecule has 2 aromatic carbocycles. The van der Waals surface area contributed by atoms with E-state index in [1.165, 1.54) is 25.3 Å². The lowest BCUT2D eigenvalue weighted by Gasteiger charge is -2.34. The van der Waals surface area contributed by atoms with E-state index in [0.717, 1.165) is 63.1 Å². The van der Waals surface area contributed by atoms with E-state index < -0.39 is 5.82 Å². The molecule has 2 N–H and O–H groups in total. The maximum atomic E-state index is 16.4. The fourth-order valence-corrected chi connectivity index (χ4v) is 7.02. The number of benzene rings is 2. The number of ether oxygens (including phenoxy) is 1. The van der Waals surface area contributed by atoms with Crippen LogP contribution in [0.25, 0.3) is 22.6 Å². The summed E-state index contributed by atoms with van der Waals surface area (Å²) in [5, 5.41) is 15.2. The summed E-state index contributed by atoms with van der Waals surface area (Å²) >= 11 is 6.76. The van der Waals surface area contributed by atoms with E-state index in [1.807, 2.05) is 31.2 Å². The molecule has 3 aliphatic rings. The highest BCUT2D eigenvalue weighted by atomic mass is 35.5. The Kier molecular flexibility index (Phi) is 9.17. The molecule has 2 bridgehead atoms. The van der Waals surface area contributed by atoms with Gasteiger partial charge in [-0.25, -0.2) is 4.39 Å². The molecule has 4 heterocycles. The van der Waals surface area contributed by atoms with Crippen molar-refractivity contribution in [3.05, 3.63) is 69.7 Å². The molecule has 3 aromatic rings. The Bertz CT molecular complexity index is 1520. The number of piperazine rings is 1. The summed E-state index contributed by atoms with van der Waals surface area (Å²) in [6, 6.07) is 10.5. The molecule has 0 spiro atoms. The van der Waals surface area contributed by atoms with Crippen molar-refractivity contribution >= 4 is 40.0 Å². The highest BCUT2D eigenvalue weighted by Crippen LogP contribution is 2.38. The second kappa shape index (κ2) is 13.2. The van der Waals surface area contributed by atoms with Crippen molar-refractivity contribution in [2.45, 2.75) is 64.5 Å². The van der Waals surface area contributed by atoms with Crippen LogP contribution < -0.4 is 15.0 Å². The zero-order valence-electron chi connectivity index (χ0n) is 25.1. The fraction of sp³-hybridized carbons (Fsp3) is 0.471. The van der Waals surface area contributed by atoms with Gasteiger partial charge in [0.1, 0.15) is 17.1 Å². The molecule has 43 heavy (non-hydrogen) atoms. The molecular formula is C34H41ClFN5O2. The van der Waals surface area contributed by atoms with Gasteiger partial charge in [0, 0.05) is 42.7 Å². The van der Waals surface area contributed by atoms with E-state index in [0.29, 0.717) is 35.5 Å². The van der Waals surface area contributed by atoms with E-state index >= 15 is 4.39 Å². The molecule has 9 heteroatoms. The summed E-state index contributed by atoms with van der Waals surface area (Å²) in [7, 11) is 0. The van der Waals surface area contributed by atoms with Crippen LogP contribution in [-0.4, -0.2) is 71.4 Å². The maximum absolute atomic E-state index is 16.4. The van der Waals surface area contributed by atoms with Crippen molar-refractivity contribution in [2.75, 3.05) is 44.2 Å². The van der Waals surface area contributed by atoms with Crippen LogP contribution >= 0.6 is 11.6 Å². The summed E-state index contributed by atoms with van der Waals surface area (Å²) in [5.41, 5.74) is 2.80. The Hall–Kier alpha value is -3.20. The molecule has 228 valence electrons. The first-order chi connectivity index (χ1) is 20.9. The van der Waals surface area contributed by atoms with Gasteiger partial charge >= 0.3 is 6.01 Å². The van der Waals surface area contributed by atoms with Crippen LogP contribution in [0.15, 0.2) is 42.2 Å². The third-order valence-corrected chi connectivity index (χ3v) is 9.21. The predicted octanol–water partition coefficient (Wildman–Crippen LogP) is 6.93. The summed E-state index contributed by atoms with van der Waals surface area (Å²) in [6.45, 7) is 9.00. The Morgan fingerprint density at radius 2 is 1.88 bits per heavy atom. The summed E-state index contributed by atoms with van der Waals surface area (Å²) in [4.78, 5) is 14.1. The van der Waals surface area contributed by atoms with Crippen molar-refractivity contribution < 1.29 is 14.2 Å². The molecule has 0 aliphatic carbocycles. The number of fused-ring (bicyclic) bond motifs is 3. The van der Waals surface area contributed by atoms with Crippen molar-refractivity contribution in [1.29, 1.82) is 0 Å². The lowest BCUT2D eigenvalue weighted by Crippen LogP contribution is -2.51. The predicted molar refractivity (Wildman–Crippen MR) is 173 cm³/mol. The van der Waals surface area contributed by atoms with E-state index in [9.17, 15) is 5.11 Å². The van der Waals surface area contributed by atoms with Crippen LogP contribution in [0.5, 0.6) is 6.01 Å². The summed E-state index contributed by atoms with van der Waals surface area (Å²) in [5.74, 6) is 0.130. The summed E-state index contributed by atoms with van der Waals surface area (Å²) < 4.78 is 22.5. The van der Waals surface area contributed by atoms with Crippen LogP contribution in [-0.2, 0) is 0 Å². The second-order valence-electron chi connectivity index (χ2n) is 12.2. The molecule has 6 rings (SSSR count). The van der Waals surface area contributed by atoms with Crippen LogP contribution in [0.2, 0.25) is 5.02 Å². The first-order valence-electron chi connectivity index (χ1n) is 15.6. The van der Waals surface area contributed by atoms with Crippen LogP contribution in [0.4, 0.5) is 10.2 Å². The highest BCUT2D eigenvalue weighted by molar-refractivity contribution is 6.33. The van der Waals surface area contributed by atoms with E-state index in [4.69, 9.17) is 21.3 Å². The van der Waals surface area contributed by atoms with Crippen molar-refractivity contribution in [3.63, 3.8) is 0 Å². The number of nitrogens with one attached hydrogen (secondary N) is 1. The molecule has 3 saturated heterocycles. The van der Waals surface area contributed by atoms with Gasteiger partial charge in [0.2, 0.25) is 0 Å². The zero-order chi connectivity index (χ0) is 29.9. The third kappa shape index (κ3) is 6.82. The Morgan fingerprint density at radius 1 is 1.14 bits per heavy atom. The number of rotatable bonds is 9. The monoisotopic (exact) mass is 605 g/mol. The standard InChI is InChI=1S/C34H41ClFN5O2/c1-22-9-4-5-10-24(22)18-27(42)17-23(2)30-29(35)19-28-32(31(30)36)38-34(43-16-8-15-40-13-6-3-7-14-40)39-33(28)41-20-25-11-12-26(21-41)37-25/h4-5,9-10,17-19,25-26,37,42H,3,6-8,11-16,20-21H2,1-2H3/b23-17+,27-18+. The van der Waals surface area contributed by atoms with Gasteiger partial charge in [-0.1, -0.05) is 42.3 Å². The van der Waals surface area contributed by atoms with Gasteiger partial charge in [-0.05, 0) is 94.0 Å². The Labute approximate surface area is 258 Å². The number of aromatic nitrogens is 2. The van der Waals surface area contributed by atoms with Crippen LogP contribution in [0.3, 0.4) is 0 Å². The van der Waals surface area contributed by atoms with Gasteiger partial charge in [-0.3, -0.25) is 0 Å². The maximum Gasteiger partial charge on any atom is 0.319 e. The van der Waals surface area contributed by atoms with E-state index in [2.05, 4.69) is 20.1 Å². The number of nitrogens with zero attached hydrogens (tertiary/aromatic N) is 4. The Balaban J connectivity index is 1.33. The van der Waals surface area contributed by atoms with E-state index in [-0.39, 0.29) is 27.9 Å². The number of aliphatic hydroxyl groups is 1. The minimum atomic E-state index is -0.542. The molecule has 0 saturated carbocycles. The van der Waals surface area contributed by atoms with Crippen molar-refractivity contribution in [2.24, 2.45) is 0 Å². The number of piperidine rings is 1. The molecule has 0 radical (unpaired) electrons. The smallest absolute Gasteiger partial charge is 0.319 e. The fourth-order valence-electron chi connectivity index (χ4n) is 6.68.